The lowest BCUT2D eigenvalue weighted by atomic mass is 10.1. The minimum atomic E-state index is -4.44. The molecule has 3 rings (SSSR count). The summed E-state index contributed by atoms with van der Waals surface area (Å²) in [7, 11) is -1.45. The van der Waals surface area contributed by atoms with Crippen LogP contribution in [0, 0.1) is 0 Å². The van der Waals surface area contributed by atoms with Gasteiger partial charge in [0.15, 0.2) is 17.9 Å². The molecule has 0 aliphatic rings. The molecule has 0 atom stereocenters. The van der Waals surface area contributed by atoms with E-state index < -0.39 is 19.8 Å². The number of aromatic amines is 1. The molecule has 0 amide bonds. The van der Waals surface area contributed by atoms with Gasteiger partial charge in [0.25, 0.3) is 0 Å². The van der Waals surface area contributed by atoms with E-state index in [2.05, 4.69) is 29.6 Å². The number of ether oxygens (including phenoxy) is 1. The Morgan fingerprint density at radius 1 is 1.24 bits per heavy atom. The number of fused-ring (bicyclic) bond motifs is 1. The first kappa shape index (κ1) is 21.6. The third-order valence-electron chi connectivity index (χ3n) is 4.50. The van der Waals surface area contributed by atoms with Crippen molar-refractivity contribution in [2.24, 2.45) is 0 Å². The number of hydrogen-bond acceptors (Lipinski definition) is 3. The molecule has 5 nitrogen and oxygen atoms in total. The maximum Gasteiger partial charge on any atom is 0.416 e. The molecule has 1 aromatic carbocycles. The van der Waals surface area contributed by atoms with Crippen molar-refractivity contribution in [1.29, 1.82) is 0 Å². The fraction of sp³-hybridized carbons (Fsp3) is 0.368. The van der Waals surface area contributed by atoms with Gasteiger partial charge in [-0.15, -0.1) is 4.98 Å². The lowest BCUT2D eigenvalue weighted by molar-refractivity contribution is -0.354. The molecule has 0 aliphatic heterocycles. The van der Waals surface area contributed by atoms with E-state index in [0.717, 1.165) is 18.2 Å². The summed E-state index contributed by atoms with van der Waals surface area (Å²) in [6.45, 7) is 7.55. The molecular formula is C19H22F3N3O2PSi+. The largest absolute Gasteiger partial charge is 0.416 e. The second-order valence-corrected chi connectivity index (χ2v) is 14.2. The Hall–Kier alpha value is -2.09. The molecule has 0 saturated carbocycles. The zero-order valence-corrected chi connectivity index (χ0v) is 18.3. The van der Waals surface area contributed by atoms with Crippen LogP contribution in [0.1, 0.15) is 5.56 Å². The maximum absolute atomic E-state index is 13.1. The van der Waals surface area contributed by atoms with Crippen molar-refractivity contribution in [3.8, 4) is 11.3 Å². The van der Waals surface area contributed by atoms with Crippen molar-refractivity contribution in [2.45, 2.75) is 38.6 Å². The summed E-state index contributed by atoms with van der Waals surface area (Å²) in [5.74, 6) is 0. The van der Waals surface area contributed by atoms with Gasteiger partial charge in [0.05, 0.1) is 10.9 Å². The third-order valence-corrected chi connectivity index (χ3v) is 6.76. The fourth-order valence-electron chi connectivity index (χ4n) is 2.91. The first-order valence-electron chi connectivity index (χ1n) is 9.09. The van der Waals surface area contributed by atoms with E-state index in [1.165, 1.54) is 12.4 Å². The van der Waals surface area contributed by atoms with Crippen LogP contribution in [0.3, 0.4) is 0 Å². The van der Waals surface area contributed by atoms with Gasteiger partial charge in [0.1, 0.15) is 0 Å². The molecule has 29 heavy (non-hydrogen) atoms. The van der Waals surface area contributed by atoms with Crippen molar-refractivity contribution in [3.63, 3.8) is 0 Å². The highest BCUT2D eigenvalue weighted by molar-refractivity contribution is 7.33. The standard InChI is InChI=1S/C19H21F3N3O2PSi/c1-29(2,3)8-7-27-12-25-16(28-26)10-15-17(23-11-24-18(15)25)13-5-4-6-14(9-13)19(20,21)22/h4-6,9-11H,7-8,12H2,1-3H3/p+1. The van der Waals surface area contributed by atoms with Crippen LogP contribution in [-0.4, -0.2) is 24.2 Å². The minimum Gasteiger partial charge on any atom is -0.348 e. The first-order chi connectivity index (χ1) is 13.6. The Morgan fingerprint density at radius 3 is 2.66 bits per heavy atom. The van der Waals surface area contributed by atoms with Gasteiger partial charge in [-0.25, -0.2) is 9.55 Å². The molecule has 3 aromatic rings. The van der Waals surface area contributed by atoms with Crippen LogP contribution in [0.5, 0.6) is 0 Å². The average molecular weight is 440 g/mol. The Bertz CT molecular complexity index is 1030. The summed E-state index contributed by atoms with van der Waals surface area (Å²) >= 11 is 0. The number of aromatic nitrogens is 3. The summed E-state index contributed by atoms with van der Waals surface area (Å²) in [6, 6.07) is 7.68. The highest BCUT2D eigenvalue weighted by Gasteiger charge is 2.31. The number of nitrogens with one attached hydrogen (secondary N) is 1. The number of nitrogens with zero attached hydrogens (tertiary/aromatic N) is 2. The monoisotopic (exact) mass is 440 g/mol. The summed E-state index contributed by atoms with van der Waals surface area (Å²) in [6.07, 6.45) is -3.02. The fourth-order valence-corrected chi connectivity index (χ4v) is 4.11. The second-order valence-electron chi connectivity index (χ2n) is 7.96. The number of rotatable bonds is 7. The molecule has 2 heterocycles. The molecule has 0 unspecified atom stereocenters. The average Bonchev–Trinajstić information content (AvgIpc) is 3.01. The molecular weight excluding hydrogens is 418 g/mol. The molecule has 0 radical (unpaired) electrons. The number of alkyl halides is 3. The predicted octanol–water partition coefficient (Wildman–Crippen LogP) is 4.77. The quantitative estimate of drug-likeness (QED) is 0.302. The Morgan fingerprint density at radius 2 is 2.00 bits per heavy atom. The SMILES string of the molecule is C[Si](C)(C)CCOCn1c(P=O)cc2c(-c3cccc(C(F)(F)F)c3)nc[nH+]c21. The van der Waals surface area contributed by atoms with Crippen molar-refractivity contribution in [1.82, 2.24) is 9.55 Å². The van der Waals surface area contributed by atoms with Crippen LogP contribution in [0.25, 0.3) is 22.3 Å². The predicted molar refractivity (Wildman–Crippen MR) is 108 cm³/mol. The number of benzene rings is 1. The number of H-pyrrole nitrogens is 1. The normalized spacial score (nSPS) is 12.8. The van der Waals surface area contributed by atoms with Crippen LogP contribution < -0.4 is 10.4 Å². The van der Waals surface area contributed by atoms with Crippen LogP contribution >= 0.6 is 8.46 Å². The molecule has 0 aliphatic carbocycles. The van der Waals surface area contributed by atoms with Crippen LogP contribution in [0.4, 0.5) is 13.2 Å². The first-order valence-corrected chi connectivity index (χ1v) is 13.6. The van der Waals surface area contributed by atoms with E-state index in [1.807, 2.05) is 0 Å². The van der Waals surface area contributed by atoms with Gasteiger partial charge in [-0.2, -0.15) is 13.2 Å². The van der Waals surface area contributed by atoms with E-state index in [9.17, 15) is 17.7 Å². The van der Waals surface area contributed by atoms with Gasteiger partial charge in [-0.05, 0) is 18.2 Å². The number of halogens is 3. The zero-order chi connectivity index (χ0) is 21.2. The van der Waals surface area contributed by atoms with Gasteiger partial charge in [0.2, 0.25) is 20.4 Å². The van der Waals surface area contributed by atoms with Gasteiger partial charge in [0, 0.05) is 26.3 Å². The topological polar surface area (TPSA) is 58.3 Å². The van der Waals surface area contributed by atoms with Crippen LogP contribution in [0.2, 0.25) is 25.7 Å². The summed E-state index contributed by atoms with van der Waals surface area (Å²) in [5.41, 5.74) is 1.04. The van der Waals surface area contributed by atoms with Gasteiger partial charge in [-0.1, -0.05) is 31.8 Å². The van der Waals surface area contributed by atoms with Crippen molar-refractivity contribution in [2.75, 3.05) is 6.61 Å². The lowest BCUT2D eigenvalue weighted by Crippen LogP contribution is -2.23. The van der Waals surface area contributed by atoms with Gasteiger partial charge < -0.3 is 4.74 Å². The highest BCUT2D eigenvalue weighted by atomic mass is 31.1. The smallest absolute Gasteiger partial charge is 0.348 e. The van der Waals surface area contributed by atoms with E-state index in [0.29, 0.717) is 34.3 Å². The molecule has 1 N–H and O–H groups in total. The van der Waals surface area contributed by atoms with E-state index in [-0.39, 0.29) is 15.2 Å². The van der Waals surface area contributed by atoms with Crippen molar-refractivity contribution < 1.29 is 27.5 Å². The lowest BCUT2D eigenvalue weighted by Gasteiger charge is -2.15. The minimum absolute atomic E-state index is 0.196. The summed E-state index contributed by atoms with van der Waals surface area (Å²) in [4.78, 5) is 7.24. The Kier molecular flexibility index (Phi) is 6.21. The van der Waals surface area contributed by atoms with Crippen molar-refractivity contribution >= 4 is 33.0 Å². The molecule has 0 bridgehead atoms. The molecule has 0 fully saturated rings. The molecule has 0 spiro atoms. The van der Waals surface area contributed by atoms with Gasteiger partial charge in [-0.3, -0.25) is 4.57 Å². The summed E-state index contributed by atoms with van der Waals surface area (Å²) in [5, 5.41) is 0.582. The molecule has 2 aromatic heterocycles. The molecule has 154 valence electrons. The Balaban J connectivity index is 1.98. The third kappa shape index (κ3) is 5.10. The Labute approximate surface area is 169 Å². The van der Waals surface area contributed by atoms with Gasteiger partial charge >= 0.3 is 6.18 Å². The second kappa shape index (κ2) is 8.34. The number of hydrogen-bond donors (Lipinski definition) is 0. The van der Waals surface area contributed by atoms with Crippen molar-refractivity contribution in [3.05, 3.63) is 42.2 Å². The zero-order valence-electron chi connectivity index (χ0n) is 16.4. The molecule has 10 heteroatoms. The molecule has 0 saturated heterocycles. The van der Waals surface area contributed by atoms with Crippen LogP contribution in [-0.2, 0) is 22.2 Å². The van der Waals surface area contributed by atoms with E-state index in [1.54, 1.807) is 16.7 Å². The van der Waals surface area contributed by atoms with Crippen LogP contribution in [0.15, 0.2) is 36.7 Å². The summed E-state index contributed by atoms with van der Waals surface area (Å²) < 4.78 is 58.4. The van der Waals surface area contributed by atoms with E-state index >= 15 is 0 Å². The maximum atomic E-state index is 13.1. The highest BCUT2D eigenvalue weighted by Crippen LogP contribution is 2.33. The van der Waals surface area contributed by atoms with E-state index in [4.69, 9.17) is 4.74 Å².